The Labute approximate surface area is 176 Å². The number of nitrogens with zero attached hydrogens (tertiary/aromatic N) is 2. The van der Waals surface area contributed by atoms with Gasteiger partial charge < -0.3 is 9.88 Å². The van der Waals surface area contributed by atoms with Crippen molar-refractivity contribution in [3.05, 3.63) is 59.2 Å². The Morgan fingerprint density at radius 3 is 2.52 bits per heavy atom. The van der Waals surface area contributed by atoms with Crippen molar-refractivity contribution in [2.24, 2.45) is 0 Å². The number of benzene rings is 1. The van der Waals surface area contributed by atoms with Gasteiger partial charge in [0.2, 0.25) is 0 Å². The second kappa shape index (κ2) is 8.33. The van der Waals surface area contributed by atoms with E-state index in [1.165, 1.54) is 41.3 Å². The number of carbonyl (C=O) groups excluding carboxylic acids is 1. The average molecular weight is 408 g/mol. The van der Waals surface area contributed by atoms with Crippen molar-refractivity contribution >= 4 is 27.3 Å². The lowest BCUT2D eigenvalue weighted by Gasteiger charge is -2.32. The monoisotopic (exact) mass is 407 g/mol. The summed E-state index contributed by atoms with van der Waals surface area (Å²) in [5.74, 6) is 0.0973. The van der Waals surface area contributed by atoms with Gasteiger partial charge in [-0.3, -0.25) is 9.69 Å². The van der Waals surface area contributed by atoms with Gasteiger partial charge in [-0.15, -0.1) is 11.3 Å². The molecule has 0 radical (unpaired) electrons. The standard InChI is InChI=1S/C24H29N3OS/c28-24(22-14-19-16-27(17-23(19)29-22)21-8-4-5-9-21)25-20-10-12-26(13-11-20)15-18-6-2-1-3-7-18/h1-3,6-7,14,16-17,20-21H,4-5,8-13,15H2,(H,25,28). The van der Waals surface area contributed by atoms with E-state index < -0.39 is 0 Å². The summed E-state index contributed by atoms with van der Waals surface area (Å²) in [5.41, 5.74) is 1.36. The van der Waals surface area contributed by atoms with Crippen LogP contribution in [0.2, 0.25) is 0 Å². The molecular weight excluding hydrogens is 378 g/mol. The molecule has 1 aliphatic carbocycles. The van der Waals surface area contributed by atoms with Gasteiger partial charge in [0.1, 0.15) is 0 Å². The smallest absolute Gasteiger partial charge is 0.261 e. The minimum absolute atomic E-state index is 0.0973. The molecule has 0 bridgehead atoms. The Bertz CT molecular complexity index is 931. The first-order chi connectivity index (χ1) is 14.2. The first kappa shape index (κ1) is 18.9. The van der Waals surface area contributed by atoms with Crippen molar-refractivity contribution in [2.75, 3.05) is 13.1 Å². The maximum absolute atomic E-state index is 12.8. The maximum Gasteiger partial charge on any atom is 0.261 e. The van der Waals surface area contributed by atoms with Gasteiger partial charge >= 0.3 is 0 Å². The van der Waals surface area contributed by atoms with E-state index in [0.717, 1.165) is 37.4 Å². The molecular formula is C24H29N3OS. The SMILES string of the molecule is O=C(NC1CCN(Cc2ccccc2)CC1)c1cc2cn(C3CCCC3)cc2s1. The van der Waals surface area contributed by atoms with Gasteiger partial charge in [-0.05, 0) is 37.3 Å². The number of rotatable bonds is 5. The maximum atomic E-state index is 12.8. The van der Waals surface area contributed by atoms with Crippen molar-refractivity contribution in [1.29, 1.82) is 0 Å². The minimum atomic E-state index is 0.0973. The molecule has 0 unspecified atom stereocenters. The number of piperidine rings is 1. The van der Waals surface area contributed by atoms with Crippen molar-refractivity contribution < 1.29 is 4.79 Å². The third-order valence-electron chi connectivity index (χ3n) is 6.49. The molecule has 1 saturated heterocycles. The van der Waals surface area contributed by atoms with Crippen molar-refractivity contribution in [3.63, 3.8) is 0 Å². The molecule has 29 heavy (non-hydrogen) atoms. The van der Waals surface area contributed by atoms with Gasteiger partial charge in [-0.25, -0.2) is 0 Å². The van der Waals surface area contributed by atoms with Crippen LogP contribution in [-0.4, -0.2) is 34.5 Å². The fourth-order valence-electron chi connectivity index (χ4n) is 4.81. The van der Waals surface area contributed by atoms with Crippen molar-refractivity contribution in [2.45, 2.75) is 57.2 Å². The van der Waals surface area contributed by atoms with E-state index in [-0.39, 0.29) is 11.9 Å². The van der Waals surface area contributed by atoms with E-state index >= 15 is 0 Å². The highest BCUT2D eigenvalue weighted by molar-refractivity contribution is 7.20. The molecule has 1 amide bonds. The molecule has 3 heterocycles. The van der Waals surface area contributed by atoms with Crippen molar-refractivity contribution in [1.82, 2.24) is 14.8 Å². The summed E-state index contributed by atoms with van der Waals surface area (Å²) in [7, 11) is 0. The Balaban J connectivity index is 1.15. The van der Waals surface area contributed by atoms with Crippen LogP contribution in [0.4, 0.5) is 0 Å². The van der Waals surface area contributed by atoms with Crippen molar-refractivity contribution in [3.8, 4) is 0 Å². The molecule has 2 aliphatic rings. The lowest BCUT2D eigenvalue weighted by atomic mass is 10.0. The molecule has 1 aliphatic heterocycles. The van der Waals surface area contributed by atoms with Gasteiger partial charge in [0.25, 0.3) is 5.91 Å². The number of amides is 1. The Hall–Kier alpha value is -2.11. The Morgan fingerprint density at radius 1 is 1.03 bits per heavy atom. The second-order valence-electron chi connectivity index (χ2n) is 8.58. The molecule has 1 saturated carbocycles. The summed E-state index contributed by atoms with van der Waals surface area (Å²) in [4.78, 5) is 16.1. The lowest BCUT2D eigenvalue weighted by Crippen LogP contribution is -2.44. The fourth-order valence-corrected chi connectivity index (χ4v) is 5.79. The molecule has 152 valence electrons. The molecule has 5 heteroatoms. The van der Waals surface area contributed by atoms with E-state index in [2.05, 4.69) is 63.6 Å². The van der Waals surface area contributed by atoms with Gasteiger partial charge in [-0.1, -0.05) is 43.2 Å². The fraction of sp³-hybridized carbons (Fsp3) is 0.458. The number of hydrogen-bond acceptors (Lipinski definition) is 3. The average Bonchev–Trinajstić information content (AvgIpc) is 3.46. The lowest BCUT2D eigenvalue weighted by molar-refractivity contribution is 0.0913. The molecule has 3 aromatic rings. The third kappa shape index (κ3) is 4.26. The molecule has 2 fully saturated rings. The molecule has 4 nitrogen and oxygen atoms in total. The number of likely N-dealkylation sites (tertiary alicyclic amines) is 1. The summed E-state index contributed by atoms with van der Waals surface area (Å²) >= 11 is 1.63. The number of nitrogens with one attached hydrogen (secondary N) is 1. The highest BCUT2D eigenvalue weighted by Crippen LogP contribution is 2.34. The van der Waals surface area contributed by atoms with E-state index in [4.69, 9.17) is 0 Å². The van der Waals surface area contributed by atoms with Crippen LogP contribution >= 0.6 is 11.3 Å². The zero-order valence-electron chi connectivity index (χ0n) is 16.8. The molecule has 0 spiro atoms. The predicted molar refractivity (Wildman–Crippen MR) is 120 cm³/mol. The van der Waals surface area contributed by atoms with Gasteiger partial charge in [0.05, 0.1) is 9.58 Å². The van der Waals surface area contributed by atoms with Crippen LogP contribution in [0.1, 0.15) is 59.8 Å². The summed E-state index contributed by atoms with van der Waals surface area (Å²) in [6.07, 6.45) is 11.8. The minimum Gasteiger partial charge on any atom is -0.349 e. The first-order valence-electron chi connectivity index (χ1n) is 10.9. The topological polar surface area (TPSA) is 37.3 Å². The van der Waals surface area contributed by atoms with Gasteiger partial charge in [-0.2, -0.15) is 0 Å². The van der Waals surface area contributed by atoms with Gasteiger partial charge in [0, 0.05) is 49.5 Å². The summed E-state index contributed by atoms with van der Waals surface area (Å²) in [6, 6.07) is 13.7. The van der Waals surface area contributed by atoms with E-state index in [1.807, 2.05) is 0 Å². The predicted octanol–water partition coefficient (Wildman–Crippen LogP) is 5.21. The van der Waals surface area contributed by atoms with Crippen LogP contribution in [0.15, 0.2) is 48.8 Å². The molecule has 5 rings (SSSR count). The number of hydrogen-bond donors (Lipinski definition) is 1. The Morgan fingerprint density at radius 2 is 1.79 bits per heavy atom. The van der Waals surface area contributed by atoms with Crippen LogP contribution in [0.3, 0.4) is 0 Å². The molecule has 2 aromatic heterocycles. The van der Waals surface area contributed by atoms with E-state index in [9.17, 15) is 4.79 Å². The molecule has 0 atom stereocenters. The first-order valence-corrected chi connectivity index (χ1v) is 11.7. The van der Waals surface area contributed by atoms with Gasteiger partial charge in [0.15, 0.2) is 0 Å². The number of aromatic nitrogens is 1. The molecule has 1 aromatic carbocycles. The van der Waals surface area contributed by atoms with E-state index in [0.29, 0.717) is 6.04 Å². The number of fused-ring (bicyclic) bond motifs is 1. The summed E-state index contributed by atoms with van der Waals surface area (Å²) < 4.78 is 3.61. The zero-order valence-corrected chi connectivity index (χ0v) is 17.7. The third-order valence-corrected chi connectivity index (χ3v) is 7.57. The number of carbonyl (C=O) groups is 1. The Kier molecular flexibility index (Phi) is 5.42. The van der Waals surface area contributed by atoms with Crippen LogP contribution in [-0.2, 0) is 6.54 Å². The largest absolute Gasteiger partial charge is 0.349 e. The summed E-state index contributed by atoms with van der Waals surface area (Å²) in [5, 5.41) is 4.49. The summed E-state index contributed by atoms with van der Waals surface area (Å²) in [6.45, 7) is 3.08. The van der Waals surface area contributed by atoms with Crippen LogP contribution in [0.25, 0.3) is 10.1 Å². The number of thiophene rings is 1. The zero-order chi connectivity index (χ0) is 19.6. The van der Waals surface area contributed by atoms with Crippen LogP contribution in [0, 0.1) is 0 Å². The highest BCUT2D eigenvalue weighted by Gasteiger charge is 2.23. The van der Waals surface area contributed by atoms with E-state index in [1.54, 1.807) is 11.3 Å². The van der Waals surface area contributed by atoms with Crippen LogP contribution in [0.5, 0.6) is 0 Å². The quantitative estimate of drug-likeness (QED) is 0.630. The normalized spacial score (nSPS) is 19.2. The molecule has 1 N–H and O–H groups in total. The highest BCUT2D eigenvalue weighted by atomic mass is 32.1. The van der Waals surface area contributed by atoms with Crippen LogP contribution < -0.4 is 5.32 Å². The second-order valence-corrected chi connectivity index (χ2v) is 9.67.